The van der Waals surface area contributed by atoms with Crippen molar-refractivity contribution in [3.05, 3.63) is 94.6 Å². The Balaban J connectivity index is 1.61. The summed E-state index contributed by atoms with van der Waals surface area (Å²) in [5, 5.41) is 3.47. The lowest BCUT2D eigenvalue weighted by Crippen LogP contribution is -2.40. The monoisotopic (exact) mass is 552 g/mol. The Labute approximate surface area is 230 Å². The normalized spacial score (nSPS) is 10.7. The van der Waals surface area contributed by atoms with Gasteiger partial charge in [-0.05, 0) is 42.5 Å². The van der Waals surface area contributed by atoms with Crippen molar-refractivity contribution in [3.8, 4) is 22.7 Å². The third-order valence-corrected chi connectivity index (χ3v) is 6.27. The molecule has 0 bridgehead atoms. The van der Waals surface area contributed by atoms with Crippen molar-refractivity contribution in [1.82, 2.24) is 14.5 Å². The molecule has 1 N–H and O–H groups in total. The van der Waals surface area contributed by atoms with Gasteiger partial charge in [0.05, 0.1) is 30.0 Å². The fraction of sp³-hybridized carbons (Fsp3) is 0.179. The van der Waals surface area contributed by atoms with E-state index in [0.29, 0.717) is 22.4 Å². The molecule has 2 amide bonds. The zero-order valence-corrected chi connectivity index (χ0v) is 22.4. The summed E-state index contributed by atoms with van der Waals surface area (Å²) >= 11 is 12.2. The van der Waals surface area contributed by atoms with Gasteiger partial charge in [-0.1, -0.05) is 53.5 Å². The number of carbonyl (C=O) groups is 2. The van der Waals surface area contributed by atoms with Gasteiger partial charge in [-0.3, -0.25) is 19.5 Å². The average Bonchev–Trinajstić information content (AvgIpc) is 3.34. The van der Waals surface area contributed by atoms with Crippen molar-refractivity contribution < 1.29 is 19.1 Å². The molecule has 0 spiro atoms. The van der Waals surface area contributed by atoms with E-state index in [2.05, 4.69) is 10.3 Å². The molecule has 0 fully saturated rings. The van der Waals surface area contributed by atoms with E-state index >= 15 is 0 Å². The smallest absolute Gasteiger partial charge is 0.255 e. The summed E-state index contributed by atoms with van der Waals surface area (Å²) in [6, 6.07) is 21.6. The number of hydrogen-bond acceptors (Lipinski definition) is 5. The van der Waals surface area contributed by atoms with Crippen LogP contribution in [0.3, 0.4) is 0 Å². The molecule has 8 nitrogen and oxygen atoms in total. The molecule has 4 rings (SSSR count). The summed E-state index contributed by atoms with van der Waals surface area (Å²) in [4.78, 5) is 32.5. The lowest BCUT2D eigenvalue weighted by molar-refractivity contribution is -0.117. The van der Waals surface area contributed by atoms with Crippen LogP contribution >= 0.6 is 23.2 Å². The van der Waals surface area contributed by atoms with E-state index in [1.807, 2.05) is 60.8 Å². The number of imidazole rings is 1. The molecule has 38 heavy (non-hydrogen) atoms. The first-order valence-corrected chi connectivity index (χ1v) is 12.5. The molecule has 0 radical (unpaired) electrons. The van der Waals surface area contributed by atoms with Crippen LogP contribution in [0.5, 0.6) is 5.75 Å². The Kier molecular flexibility index (Phi) is 9.02. The van der Waals surface area contributed by atoms with Gasteiger partial charge < -0.3 is 14.4 Å². The van der Waals surface area contributed by atoms with Crippen LogP contribution in [-0.2, 0) is 9.53 Å². The molecule has 196 valence electrons. The van der Waals surface area contributed by atoms with Crippen LogP contribution in [0.25, 0.3) is 16.9 Å². The summed E-state index contributed by atoms with van der Waals surface area (Å²) in [6.45, 7) is 0.185. The van der Waals surface area contributed by atoms with Crippen LogP contribution < -0.4 is 10.1 Å². The van der Waals surface area contributed by atoms with Gasteiger partial charge in [-0.2, -0.15) is 0 Å². The Morgan fingerprint density at radius 1 is 1.00 bits per heavy atom. The number of amides is 2. The largest absolute Gasteiger partial charge is 0.497 e. The number of benzene rings is 3. The molecule has 0 unspecified atom stereocenters. The minimum atomic E-state index is -0.431. The van der Waals surface area contributed by atoms with E-state index in [-0.39, 0.29) is 30.3 Å². The number of carbonyl (C=O) groups excluding carboxylic acids is 2. The lowest BCUT2D eigenvalue weighted by atomic mass is 10.2. The van der Waals surface area contributed by atoms with Crippen molar-refractivity contribution in [1.29, 1.82) is 0 Å². The van der Waals surface area contributed by atoms with Crippen molar-refractivity contribution in [2.24, 2.45) is 0 Å². The minimum Gasteiger partial charge on any atom is -0.497 e. The second-order valence-corrected chi connectivity index (χ2v) is 9.12. The average molecular weight is 553 g/mol. The molecule has 1 heterocycles. The van der Waals surface area contributed by atoms with E-state index < -0.39 is 11.8 Å². The minimum absolute atomic E-state index is 0.184. The Hall–Kier alpha value is -3.85. The molecule has 0 atom stereocenters. The number of anilines is 1. The van der Waals surface area contributed by atoms with Gasteiger partial charge in [0.2, 0.25) is 11.9 Å². The summed E-state index contributed by atoms with van der Waals surface area (Å²) < 4.78 is 12.2. The van der Waals surface area contributed by atoms with Crippen molar-refractivity contribution in [2.45, 2.75) is 0 Å². The fourth-order valence-corrected chi connectivity index (χ4v) is 4.27. The zero-order valence-electron chi connectivity index (χ0n) is 20.9. The first kappa shape index (κ1) is 27.2. The molecule has 4 aromatic rings. The molecule has 1 aromatic heterocycles. The van der Waals surface area contributed by atoms with Crippen LogP contribution in [0.1, 0.15) is 10.4 Å². The lowest BCUT2D eigenvalue weighted by Gasteiger charge is -2.22. The van der Waals surface area contributed by atoms with Gasteiger partial charge in [-0.25, -0.2) is 4.98 Å². The zero-order chi connectivity index (χ0) is 27.1. The number of hydrogen-bond donors (Lipinski definition) is 1. The summed E-state index contributed by atoms with van der Waals surface area (Å²) in [7, 11) is 3.12. The quantitative estimate of drug-likeness (QED) is 0.277. The van der Waals surface area contributed by atoms with Crippen LogP contribution in [-0.4, -0.2) is 60.2 Å². The third kappa shape index (κ3) is 6.52. The van der Waals surface area contributed by atoms with Gasteiger partial charge in [0.15, 0.2) is 0 Å². The number of nitrogens with one attached hydrogen (secondary N) is 1. The predicted octanol–water partition coefficient (Wildman–Crippen LogP) is 5.58. The maximum atomic E-state index is 13.2. The van der Waals surface area contributed by atoms with Crippen LogP contribution in [0.4, 0.5) is 5.95 Å². The van der Waals surface area contributed by atoms with Crippen LogP contribution in [0.2, 0.25) is 10.0 Å². The first-order valence-electron chi connectivity index (χ1n) is 11.7. The first-order chi connectivity index (χ1) is 18.4. The highest BCUT2D eigenvalue weighted by molar-refractivity contribution is 6.36. The second kappa shape index (κ2) is 12.6. The Morgan fingerprint density at radius 3 is 2.39 bits per heavy atom. The maximum absolute atomic E-state index is 13.2. The van der Waals surface area contributed by atoms with Gasteiger partial charge >= 0.3 is 0 Å². The summed E-state index contributed by atoms with van der Waals surface area (Å²) in [5.41, 5.74) is 2.59. The van der Waals surface area contributed by atoms with Gasteiger partial charge in [-0.15, -0.1) is 0 Å². The SMILES string of the molecule is COCCN(CC(=O)Nc1nc(-c2ccccc2)cn1-c1ccc(OC)cc1)C(=O)c1ccc(Cl)cc1Cl. The molecule has 0 saturated carbocycles. The summed E-state index contributed by atoms with van der Waals surface area (Å²) in [6.07, 6.45) is 1.84. The number of halogens is 2. The standard InChI is InChI=1S/C28H26Cl2N4O4/c1-37-15-14-33(27(36)23-13-8-20(29)16-24(23)30)18-26(35)32-28-31-25(19-6-4-3-5-7-19)17-34(28)21-9-11-22(38-2)12-10-21/h3-13,16-17H,14-15,18H2,1-2H3,(H,31,32,35). The van der Waals surface area contributed by atoms with Gasteiger partial charge in [0, 0.05) is 36.1 Å². The molecule has 3 aromatic carbocycles. The highest BCUT2D eigenvalue weighted by atomic mass is 35.5. The van der Waals surface area contributed by atoms with E-state index in [1.54, 1.807) is 17.7 Å². The Morgan fingerprint density at radius 2 is 1.74 bits per heavy atom. The third-order valence-electron chi connectivity index (χ3n) is 5.73. The van der Waals surface area contributed by atoms with E-state index in [4.69, 9.17) is 32.7 Å². The highest BCUT2D eigenvalue weighted by Crippen LogP contribution is 2.26. The van der Waals surface area contributed by atoms with Crippen molar-refractivity contribution in [2.75, 3.05) is 39.2 Å². The van der Waals surface area contributed by atoms with E-state index in [9.17, 15) is 9.59 Å². The van der Waals surface area contributed by atoms with E-state index in [0.717, 1.165) is 11.3 Å². The number of methoxy groups -OCH3 is 2. The molecular weight excluding hydrogens is 527 g/mol. The molecular formula is C28H26Cl2N4O4. The predicted molar refractivity (Wildman–Crippen MR) is 148 cm³/mol. The number of aromatic nitrogens is 2. The van der Waals surface area contributed by atoms with Crippen LogP contribution in [0.15, 0.2) is 79.0 Å². The molecule has 0 aliphatic heterocycles. The number of ether oxygens (including phenoxy) is 2. The summed E-state index contributed by atoms with van der Waals surface area (Å²) in [5.74, 6) is 0.167. The molecule has 10 heteroatoms. The van der Waals surface area contributed by atoms with Gasteiger partial charge in [0.1, 0.15) is 12.3 Å². The maximum Gasteiger partial charge on any atom is 0.255 e. The van der Waals surface area contributed by atoms with Crippen molar-refractivity contribution >= 4 is 41.0 Å². The van der Waals surface area contributed by atoms with Crippen LogP contribution in [0, 0.1) is 0 Å². The van der Waals surface area contributed by atoms with Crippen molar-refractivity contribution in [3.63, 3.8) is 0 Å². The molecule has 0 aliphatic carbocycles. The Bertz CT molecular complexity index is 1410. The number of rotatable bonds is 10. The second-order valence-electron chi connectivity index (χ2n) is 8.28. The number of nitrogens with zero attached hydrogens (tertiary/aromatic N) is 3. The fourth-order valence-electron chi connectivity index (χ4n) is 3.78. The molecule has 0 saturated heterocycles. The van der Waals surface area contributed by atoms with Gasteiger partial charge in [0.25, 0.3) is 5.91 Å². The molecule has 0 aliphatic rings. The highest BCUT2D eigenvalue weighted by Gasteiger charge is 2.22. The topological polar surface area (TPSA) is 85.7 Å². The van der Waals surface area contributed by atoms with E-state index in [1.165, 1.54) is 24.1 Å².